The number of nitrogens with zero attached hydrogens (tertiary/aromatic N) is 9. The number of nitrogens with one attached hydrogen (secondary N) is 1. The zero-order chi connectivity index (χ0) is 40.4. The molecule has 0 aliphatic carbocycles. The van der Waals surface area contributed by atoms with Crippen LogP contribution in [0, 0.1) is 18.8 Å². The number of hydrogen-bond acceptors (Lipinski definition) is 14. The lowest BCUT2D eigenvalue weighted by Gasteiger charge is -2.50. The highest BCUT2D eigenvalue weighted by Crippen LogP contribution is 2.42. The average molecular weight is 800 g/mol. The van der Waals surface area contributed by atoms with E-state index in [1.54, 1.807) is 38.0 Å². The Hall–Kier alpha value is -4.24. The fourth-order valence-corrected chi connectivity index (χ4v) is 9.69. The van der Waals surface area contributed by atoms with Crippen molar-refractivity contribution in [3.8, 4) is 0 Å². The highest BCUT2D eigenvalue weighted by molar-refractivity contribution is 7.86. The molecule has 2 radical (unpaired) electrons. The summed E-state index contributed by atoms with van der Waals surface area (Å²) in [6.45, 7) is 18.5. The van der Waals surface area contributed by atoms with Crippen molar-refractivity contribution in [3.63, 3.8) is 0 Å². The monoisotopic (exact) mass is 799 g/mol. The summed E-state index contributed by atoms with van der Waals surface area (Å²) in [5.74, 6) is -1.38. The van der Waals surface area contributed by atoms with Crippen LogP contribution in [0.5, 0.6) is 0 Å². The van der Waals surface area contributed by atoms with Crippen LogP contribution in [0.4, 0.5) is 4.79 Å². The second kappa shape index (κ2) is 14.4. The Morgan fingerprint density at radius 1 is 1.07 bits per heavy atom. The predicted octanol–water partition coefficient (Wildman–Crippen LogP) is 0.981. The zero-order valence-corrected chi connectivity index (χ0v) is 34.4. The number of amides is 3. The van der Waals surface area contributed by atoms with Crippen molar-refractivity contribution in [2.24, 2.45) is 17.0 Å². The lowest BCUT2D eigenvalue weighted by atomic mass is 10.0. The largest absolute Gasteiger partial charge is 0.457 e. The molecule has 21 heteroatoms. The van der Waals surface area contributed by atoms with E-state index in [1.165, 1.54) is 30.1 Å². The number of carbonyl (C=O) groups is 4. The summed E-state index contributed by atoms with van der Waals surface area (Å²) in [4.78, 5) is 66.6. The molecule has 2 unspecified atom stereocenters. The molecule has 0 bridgehead atoms. The fraction of sp³-hybridized carbons (Fsp3) is 0.676. The molecule has 296 valence electrons. The smallest absolute Gasteiger partial charge is 0.410 e. The molecule has 4 aliphatic rings. The Morgan fingerprint density at radius 2 is 1.71 bits per heavy atom. The summed E-state index contributed by atoms with van der Waals surface area (Å²) in [5.41, 5.74) is -2.01. The summed E-state index contributed by atoms with van der Waals surface area (Å²) in [7, 11) is 6.25. The van der Waals surface area contributed by atoms with Crippen LogP contribution in [-0.2, 0) is 39.5 Å². The number of tetrazole rings is 1. The number of quaternary nitrogens is 1. The molecule has 4 aliphatic heterocycles. The predicted molar refractivity (Wildman–Crippen MR) is 201 cm³/mol. The zero-order valence-electron chi connectivity index (χ0n) is 32.8. The lowest BCUT2D eigenvalue weighted by molar-refractivity contribution is -0.896. The van der Waals surface area contributed by atoms with E-state index in [9.17, 15) is 23.4 Å². The van der Waals surface area contributed by atoms with E-state index >= 15 is 0 Å². The number of esters is 1. The summed E-state index contributed by atoms with van der Waals surface area (Å²) < 4.78 is 26.5. The Balaban J connectivity index is 1.22. The van der Waals surface area contributed by atoms with E-state index in [1.807, 2.05) is 20.8 Å². The van der Waals surface area contributed by atoms with E-state index in [0.29, 0.717) is 40.4 Å². The number of β-lactam (4-membered cyclic amide) rings is 1. The molecule has 0 aromatic carbocycles. The third-order valence-corrected chi connectivity index (χ3v) is 12.0. The van der Waals surface area contributed by atoms with Gasteiger partial charge in [-0.3, -0.25) is 18.7 Å². The topological polar surface area (TPSA) is 200 Å². The molecular formula is C34H48BN10O8S2+. The first-order chi connectivity index (χ1) is 25.4. The van der Waals surface area contributed by atoms with E-state index in [0.717, 1.165) is 17.8 Å². The first-order valence-corrected chi connectivity index (χ1v) is 20.2. The standard InChI is InChI=1S/C34H47BN10O8S2/c1-18-36-22(16-54-18)23(40-53-34(8,9)30(48)51-32(2,3)4)27(46)37-24-28(47)43-25(26-38-41-44(35)39-26)21(17-55(50)29(24)43)15-45(10)13-19-11-42(12-20(19)14-45)31(49)52-33(5,6)7/h16,19-20,24,29H,11-15,17H2,1-10H3/p+1/b40-23-/t19-,20+,24-,29-,45?,55?/m1/s1. The van der Waals surface area contributed by atoms with Gasteiger partial charge in [-0.1, -0.05) is 10.4 Å². The number of likely N-dealkylation sites (tertiary alicyclic amines) is 2. The van der Waals surface area contributed by atoms with E-state index in [-0.39, 0.29) is 40.9 Å². The highest BCUT2D eigenvalue weighted by atomic mass is 32.2. The van der Waals surface area contributed by atoms with Gasteiger partial charge >= 0.3 is 12.1 Å². The van der Waals surface area contributed by atoms with Crippen LogP contribution in [0.1, 0.15) is 71.9 Å². The number of aromatic nitrogens is 5. The van der Waals surface area contributed by atoms with Crippen LogP contribution >= 0.6 is 11.3 Å². The van der Waals surface area contributed by atoms with Gasteiger partial charge in [0.25, 0.3) is 19.8 Å². The maximum Gasteiger partial charge on any atom is 0.410 e. The van der Waals surface area contributed by atoms with Gasteiger partial charge in [-0.2, -0.15) is 0 Å². The van der Waals surface area contributed by atoms with E-state index in [4.69, 9.17) is 22.3 Å². The Bertz CT molecular complexity index is 1970. The molecule has 2 aromatic heterocycles. The quantitative estimate of drug-likeness (QED) is 0.0944. The minimum Gasteiger partial charge on any atom is -0.457 e. The Labute approximate surface area is 327 Å². The van der Waals surface area contributed by atoms with Crippen LogP contribution in [0.2, 0.25) is 0 Å². The highest BCUT2D eigenvalue weighted by Gasteiger charge is 2.58. The minimum atomic E-state index is -1.65. The Kier molecular flexibility index (Phi) is 10.6. The molecule has 1 N–H and O–H groups in total. The van der Waals surface area contributed by atoms with Crippen LogP contribution in [0.25, 0.3) is 5.70 Å². The van der Waals surface area contributed by atoms with Gasteiger partial charge < -0.3 is 29.0 Å². The fourth-order valence-electron chi connectivity index (χ4n) is 7.42. The molecule has 2 aromatic rings. The number of hydrogen-bond donors (Lipinski definition) is 1. The first-order valence-electron chi connectivity index (χ1n) is 18.0. The molecular weight excluding hydrogens is 751 g/mol. The molecule has 3 saturated heterocycles. The van der Waals surface area contributed by atoms with Crippen molar-refractivity contribution in [1.82, 2.24) is 40.2 Å². The maximum atomic E-state index is 14.0. The van der Waals surface area contributed by atoms with Gasteiger partial charge in [0.05, 0.1) is 47.4 Å². The number of aryl methyl sites for hydroxylation is 1. The van der Waals surface area contributed by atoms with Gasteiger partial charge in [-0.15, -0.1) is 21.5 Å². The number of carbonyl (C=O) groups excluding carboxylic acids is 4. The van der Waals surface area contributed by atoms with Crippen LogP contribution in [0.3, 0.4) is 0 Å². The minimum absolute atomic E-state index is 0.0852. The second-order valence-electron chi connectivity index (χ2n) is 17.3. The SMILES string of the molecule is [B]n1nnc(C2=C(C[N+]3(C)C[C@H]4CN(C(=O)OC(C)(C)C)C[C@H]4C3)CS(=O)[C@@H]3[C@H](NC(=O)/C(=N\OC(C)(C)C(=O)OC(C)(C)C)c4csc(C)n4)C(=O)N23)n1. The van der Waals surface area contributed by atoms with Crippen molar-refractivity contribution in [1.29, 1.82) is 0 Å². The van der Waals surface area contributed by atoms with Gasteiger partial charge in [0, 0.05) is 35.9 Å². The number of oxime groups is 1. The lowest BCUT2D eigenvalue weighted by Crippen LogP contribution is -2.73. The van der Waals surface area contributed by atoms with Crippen molar-refractivity contribution in [2.45, 2.75) is 90.5 Å². The molecule has 3 amide bonds. The molecule has 6 rings (SSSR count). The maximum absolute atomic E-state index is 14.0. The first kappa shape index (κ1) is 40.4. The number of rotatable bonds is 9. The number of likely N-dealkylation sites (N-methyl/N-ethyl adjacent to an activating group) is 1. The van der Waals surface area contributed by atoms with Crippen molar-refractivity contribution in [3.05, 3.63) is 27.5 Å². The van der Waals surface area contributed by atoms with Gasteiger partial charge in [0.15, 0.2) is 5.71 Å². The number of thiazole rings is 1. The van der Waals surface area contributed by atoms with Gasteiger partial charge in [0.2, 0.25) is 11.4 Å². The summed E-state index contributed by atoms with van der Waals surface area (Å²) >= 11 is 1.27. The molecule has 6 heterocycles. The van der Waals surface area contributed by atoms with Crippen molar-refractivity contribution < 1.29 is 42.2 Å². The van der Waals surface area contributed by atoms with Gasteiger partial charge in [0.1, 0.15) is 34.9 Å². The van der Waals surface area contributed by atoms with Crippen molar-refractivity contribution in [2.75, 3.05) is 45.5 Å². The van der Waals surface area contributed by atoms with Crippen LogP contribution in [0.15, 0.2) is 16.1 Å². The number of ether oxygens (including phenoxy) is 2. The van der Waals surface area contributed by atoms with Crippen LogP contribution in [-0.4, -0.2) is 155 Å². The molecule has 3 fully saturated rings. The summed E-state index contributed by atoms with van der Waals surface area (Å²) in [6, 6.07) is -1.20. The molecule has 6 atom stereocenters. The third kappa shape index (κ3) is 8.62. The molecule has 0 spiro atoms. The van der Waals surface area contributed by atoms with Gasteiger partial charge in [-0.25, -0.2) is 19.3 Å². The normalized spacial score (nSPS) is 27.1. The summed E-state index contributed by atoms with van der Waals surface area (Å²) in [6.07, 6.45) is -0.319. The molecule has 0 saturated carbocycles. The van der Waals surface area contributed by atoms with E-state index in [2.05, 4.69) is 37.9 Å². The van der Waals surface area contributed by atoms with Crippen molar-refractivity contribution >= 4 is 65.4 Å². The second-order valence-corrected chi connectivity index (χ2v) is 19.9. The van der Waals surface area contributed by atoms with E-state index < -0.39 is 56.8 Å². The molecule has 18 nitrogen and oxygen atoms in total. The number of fused-ring (bicyclic) bond motifs is 2. The summed E-state index contributed by atoms with van der Waals surface area (Å²) in [5, 5.41) is 20.1. The molecule has 55 heavy (non-hydrogen) atoms. The average Bonchev–Trinajstić information content (AvgIpc) is 3.82. The third-order valence-electron chi connectivity index (χ3n) is 9.62. The Morgan fingerprint density at radius 3 is 2.25 bits per heavy atom. The van der Waals surface area contributed by atoms with Gasteiger partial charge in [-0.05, 0) is 62.3 Å². The van der Waals surface area contributed by atoms with Crippen LogP contribution < -0.4 is 5.32 Å².